The molecule has 3 aromatic heterocycles. The van der Waals surface area contributed by atoms with Crippen molar-refractivity contribution in [3.05, 3.63) is 82.0 Å². The summed E-state index contributed by atoms with van der Waals surface area (Å²) in [5.74, 6) is 0.891. The number of hydrogen-bond acceptors (Lipinski definition) is 5. The second-order valence-corrected chi connectivity index (χ2v) is 6.78. The van der Waals surface area contributed by atoms with Gasteiger partial charge in [-0.1, -0.05) is 30.3 Å². The third-order valence-corrected chi connectivity index (χ3v) is 4.79. The highest BCUT2D eigenvalue weighted by molar-refractivity contribution is 7.15. The van der Waals surface area contributed by atoms with Crippen LogP contribution in [0.1, 0.15) is 11.5 Å². The van der Waals surface area contributed by atoms with Crippen LogP contribution in [-0.2, 0) is 13.1 Å². The van der Waals surface area contributed by atoms with Crippen LogP contribution in [0.3, 0.4) is 0 Å². The van der Waals surface area contributed by atoms with Gasteiger partial charge in [-0.25, -0.2) is 4.98 Å². The molecule has 0 saturated carbocycles. The lowest BCUT2D eigenvalue weighted by atomic mass is 10.2. The maximum atomic E-state index is 12.6. The van der Waals surface area contributed by atoms with Gasteiger partial charge in [0.2, 0.25) is 0 Å². The Morgan fingerprint density at radius 2 is 2.00 bits per heavy atom. The van der Waals surface area contributed by atoms with Crippen molar-refractivity contribution in [2.75, 3.05) is 7.05 Å². The minimum Gasteiger partial charge on any atom is -0.468 e. The van der Waals surface area contributed by atoms with Crippen LogP contribution in [0.2, 0.25) is 0 Å². The van der Waals surface area contributed by atoms with Crippen molar-refractivity contribution < 1.29 is 4.42 Å². The third-order valence-electron chi connectivity index (χ3n) is 3.97. The van der Waals surface area contributed by atoms with Crippen molar-refractivity contribution >= 4 is 16.3 Å². The van der Waals surface area contributed by atoms with E-state index < -0.39 is 0 Å². The molecule has 0 N–H and O–H groups in total. The van der Waals surface area contributed by atoms with Gasteiger partial charge in [0, 0.05) is 18.0 Å². The van der Waals surface area contributed by atoms with Gasteiger partial charge in [-0.05, 0) is 24.7 Å². The van der Waals surface area contributed by atoms with Crippen LogP contribution in [-0.4, -0.2) is 21.3 Å². The highest BCUT2D eigenvalue weighted by atomic mass is 32.1. The van der Waals surface area contributed by atoms with Gasteiger partial charge in [0.25, 0.3) is 5.56 Å². The fourth-order valence-electron chi connectivity index (χ4n) is 2.86. The zero-order chi connectivity index (χ0) is 17.2. The Bertz CT molecular complexity index is 1040. The molecule has 1 aromatic carbocycles. The first-order chi connectivity index (χ1) is 12.2. The van der Waals surface area contributed by atoms with Gasteiger partial charge < -0.3 is 4.42 Å². The lowest BCUT2D eigenvalue weighted by Gasteiger charge is -2.14. The van der Waals surface area contributed by atoms with Gasteiger partial charge in [0.1, 0.15) is 5.76 Å². The van der Waals surface area contributed by atoms with E-state index in [0.717, 1.165) is 22.7 Å². The molecule has 0 bridgehead atoms. The smallest absolute Gasteiger partial charge is 0.259 e. The van der Waals surface area contributed by atoms with E-state index >= 15 is 0 Å². The first-order valence-corrected chi connectivity index (χ1v) is 8.85. The van der Waals surface area contributed by atoms with Crippen molar-refractivity contribution in [1.29, 1.82) is 0 Å². The zero-order valence-electron chi connectivity index (χ0n) is 13.8. The highest BCUT2D eigenvalue weighted by Gasteiger charge is 2.12. The van der Waals surface area contributed by atoms with Gasteiger partial charge >= 0.3 is 0 Å². The first kappa shape index (κ1) is 15.8. The molecule has 0 atom stereocenters. The normalized spacial score (nSPS) is 11.4. The number of nitrogens with zero attached hydrogens (tertiary/aromatic N) is 3. The third kappa shape index (κ3) is 3.26. The van der Waals surface area contributed by atoms with E-state index in [0.29, 0.717) is 18.1 Å². The molecule has 126 valence electrons. The Balaban J connectivity index is 1.63. The molecule has 0 aliphatic heterocycles. The molecule has 0 aliphatic carbocycles. The Kier molecular flexibility index (Phi) is 4.21. The SMILES string of the molecule is CN(Cc1cc(=O)n2c(-c3ccccc3)csc2n1)Cc1ccco1. The minimum atomic E-state index is -0.0495. The summed E-state index contributed by atoms with van der Waals surface area (Å²) in [5.41, 5.74) is 2.61. The number of thiazole rings is 1. The number of hydrogen-bond donors (Lipinski definition) is 0. The molecule has 4 rings (SSSR count). The maximum Gasteiger partial charge on any atom is 0.259 e. The van der Waals surface area contributed by atoms with Gasteiger partial charge in [-0.3, -0.25) is 14.1 Å². The molecule has 4 aromatic rings. The predicted molar refractivity (Wildman–Crippen MR) is 98.7 cm³/mol. The van der Waals surface area contributed by atoms with E-state index in [1.165, 1.54) is 11.3 Å². The molecule has 0 aliphatic rings. The fraction of sp³-hybridized carbons (Fsp3) is 0.158. The first-order valence-electron chi connectivity index (χ1n) is 7.97. The second kappa shape index (κ2) is 6.66. The van der Waals surface area contributed by atoms with Crippen LogP contribution >= 0.6 is 11.3 Å². The number of aromatic nitrogens is 2. The number of furan rings is 1. The van der Waals surface area contributed by atoms with Crippen LogP contribution in [0.15, 0.2) is 69.4 Å². The molecule has 0 unspecified atom stereocenters. The largest absolute Gasteiger partial charge is 0.468 e. The van der Waals surface area contributed by atoms with E-state index in [1.807, 2.05) is 54.9 Å². The Morgan fingerprint density at radius 3 is 2.76 bits per heavy atom. The van der Waals surface area contributed by atoms with E-state index in [2.05, 4.69) is 9.88 Å². The monoisotopic (exact) mass is 351 g/mol. The van der Waals surface area contributed by atoms with Crippen molar-refractivity contribution in [3.8, 4) is 11.3 Å². The van der Waals surface area contributed by atoms with Crippen molar-refractivity contribution in [2.45, 2.75) is 13.1 Å². The van der Waals surface area contributed by atoms with E-state index in [1.54, 1.807) is 16.7 Å². The minimum absolute atomic E-state index is 0.0495. The lowest BCUT2D eigenvalue weighted by molar-refractivity contribution is 0.285. The highest BCUT2D eigenvalue weighted by Crippen LogP contribution is 2.23. The van der Waals surface area contributed by atoms with Crippen molar-refractivity contribution in [3.63, 3.8) is 0 Å². The Hall–Kier alpha value is -2.70. The molecule has 0 amide bonds. The number of fused-ring (bicyclic) bond motifs is 1. The van der Waals surface area contributed by atoms with E-state index in [-0.39, 0.29) is 5.56 Å². The summed E-state index contributed by atoms with van der Waals surface area (Å²) in [5, 5.41) is 1.98. The molecule has 0 radical (unpaired) electrons. The molecular formula is C19H17N3O2S. The molecule has 25 heavy (non-hydrogen) atoms. The van der Waals surface area contributed by atoms with Gasteiger partial charge in [-0.15, -0.1) is 11.3 Å². The summed E-state index contributed by atoms with van der Waals surface area (Å²) in [4.78, 5) is 20.1. The van der Waals surface area contributed by atoms with E-state index in [9.17, 15) is 4.79 Å². The quantitative estimate of drug-likeness (QED) is 0.551. The molecule has 0 spiro atoms. The average molecular weight is 351 g/mol. The fourth-order valence-corrected chi connectivity index (χ4v) is 3.78. The van der Waals surface area contributed by atoms with E-state index in [4.69, 9.17) is 4.42 Å². The van der Waals surface area contributed by atoms with Crippen LogP contribution in [0.5, 0.6) is 0 Å². The molecular weight excluding hydrogens is 334 g/mol. The summed E-state index contributed by atoms with van der Waals surface area (Å²) in [6.45, 7) is 1.26. The summed E-state index contributed by atoms with van der Waals surface area (Å²) < 4.78 is 7.04. The Morgan fingerprint density at radius 1 is 1.16 bits per heavy atom. The number of rotatable bonds is 5. The Labute approximate surface area is 148 Å². The van der Waals surface area contributed by atoms with Gasteiger partial charge in [0.15, 0.2) is 4.96 Å². The maximum absolute atomic E-state index is 12.6. The van der Waals surface area contributed by atoms with Gasteiger partial charge in [0.05, 0.1) is 24.2 Å². The van der Waals surface area contributed by atoms with Gasteiger partial charge in [-0.2, -0.15) is 0 Å². The summed E-state index contributed by atoms with van der Waals surface area (Å²) in [7, 11) is 1.98. The van der Waals surface area contributed by atoms with Crippen LogP contribution < -0.4 is 5.56 Å². The topological polar surface area (TPSA) is 50.8 Å². The standard InChI is InChI=1S/C19H17N3O2S/c1-21(12-16-8-5-9-24-16)11-15-10-18(23)22-17(13-25-19(22)20-15)14-6-3-2-4-7-14/h2-10,13H,11-12H2,1H3. The molecule has 5 nitrogen and oxygen atoms in total. The van der Waals surface area contributed by atoms with Crippen molar-refractivity contribution in [2.24, 2.45) is 0 Å². The summed E-state index contributed by atoms with van der Waals surface area (Å²) in [6.07, 6.45) is 1.66. The zero-order valence-corrected chi connectivity index (χ0v) is 14.6. The summed E-state index contributed by atoms with van der Waals surface area (Å²) in [6, 6.07) is 15.3. The molecule has 6 heteroatoms. The molecule has 3 heterocycles. The lowest BCUT2D eigenvalue weighted by Crippen LogP contribution is -2.21. The van der Waals surface area contributed by atoms with Crippen LogP contribution in [0.25, 0.3) is 16.2 Å². The number of benzene rings is 1. The predicted octanol–water partition coefficient (Wildman–Crippen LogP) is 3.65. The van der Waals surface area contributed by atoms with Crippen LogP contribution in [0.4, 0.5) is 0 Å². The molecule has 0 saturated heterocycles. The summed E-state index contributed by atoms with van der Waals surface area (Å²) >= 11 is 1.48. The average Bonchev–Trinajstić information content (AvgIpc) is 3.25. The second-order valence-electron chi connectivity index (χ2n) is 5.94. The van der Waals surface area contributed by atoms with Crippen LogP contribution in [0, 0.1) is 0 Å². The van der Waals surface area contributed by atoms with Crippen molar-refractivity contribution in [1.82, 2.24) is 14.3 Å². The molecule has 0 fully saturated rings.